The molecule has 3 aliphatic rings. The molecule has 2 fully saturated rings. The van der Waals surface area contributed by atoms with E-state index in [1.54, 1.807) is 24.5 Å². The number of halogens is 1. The standard InChI is InChI=1S/C24H24ClN5O2/c25-17-4-5-19-18(12-17)22(31)29-24(28-19)14-23(32-15-24)6-10-30(11-7-23)13-16-2-1-3-20-21(16)27-9-8-26-20/h1-5,8-9,12,28H,6-7,10-11,13-15H2,(H,29,31). The Morgan fingerprint density at radius 1 is 1.09 bits per heavy atom. The molecule has 2 N–H and O–H groups in total. The Kier molecular flexibility index (Phi) is 4.61. The van der Waals surface area contributed by atoms with Crippen molar-refractivity contribution in [3.05, 3.63) is 64.9 Å². The Morgan fingerprint density at radius 3 is 2.81 bits per heavy atom. The fourth-order valence-corrected chi connectivity index (χ4v) is 5.51. The molecule has 1 amide bonds. The molecule has 2 spiro atoms. The molecule has 1 aromatic heterocycles. The first kappa shape index (κ1) is 19.9. The summed E-state index contributed by atoms with van der Waals surface area (Å²) in [5.41, 5.74) is 3.71. The fourth-order valence-electron chi connectivity index (χ4n) is 5.34. The number of hydrogen-bond donors (Lipinski definition) is 2. The first-order valence-electron chi connectivity index (χ1n) is 11.0. The lowest BCUT2D eigenvalue weighted by Crippen LogP contribution is -2.59. The second-order valence-corrected chi connectivity index (χ2v) is 9.55. The van der Waals surface area contributed by atoms with Gasteiger partial charge >= 0.3 is 0 Å². The van der Waals surface area contributed by atoms with E-state index in [9.17, 15) is 4.79 Å². The highest BCUT2D eigenvalue weighted by atomic mass is 35.5. The van der Waals surface area contributed by atoms with Gasteiger partial charge in [0, 0.05) is 49.2 Å². The molecule has 8 heteroatoms. The third-order valence-corrected chi connectivity index (χ3v) is 7.18. The maximum absolute atomic E-state index is 12.7. The van der Waals surface area contributed by atoms with Crippen LogP contribution in [0.5, 0.6) is 0 Å². The highest BCUT2D eigenvalue weighted by Crippen LogP contribution is 2.43. The van der Waals surface area contributed by atoms with Crippen LogP contribution < -0.4 is 10.6 Å². The minimum Gasteiger partial charge on any atom is -0.370 e. The van der Waals surface area contributed by atoms with E-state index in [-0.39, 0.29) is 11.5 Å². The molecular formula is C24H24ClN5O2. The van der Waals surface area contributed by atoms with Crippen LogP contribution in [-0.4, -0.2) is 51.7 Å². The van der Waals surface area contributed by atoms with Crippen molar-refractivity contribution in [3.8, 4) is 0 Å². The molecule has 1 unspecified atom stereocenters. The van der Waals surface area contributed by atoms with E-state index >= 15 is 0 Å². The predicted molar refractivity (Wildman–Crippen MR) is 123 cm³/mol. The van der Waals surface area contributed by atoms with E-state index in [1.165, 1.54) is 5.56 Å². The van der Waals surface area contributed by atoms with Gasteiger partial charge in [-0.1, -0.05) is 23.7 Å². The van der Waals surface area contributed by atoms with Gasteiger partial charge in [0.15, 0.2) is 0 Å². The van der Waals surface area contributed by atoms with Gasteiger partial charge in [0.05, 0.1) is 28.8 Å². The Hall–Kier alpha value is -2.74. The summed E-state index contributed by atoms with van der Waals surface area (Å²) in [5.74, 6) is -0.101. The lowest BCUT2D eigenvalue weighted by Gasteiger charge is -2.41. The van der Waals surface area contributed by atoms with Crippen LogP contribution >= 0.6 is 11.6 Å². The lowest BCUT2D eigenvalue weighted by atomic mass is 9.84. The quantitative estimate of drug-likeness (QED) is 0.622. The molecule has 6 rings (SSSR count). The van der Waals surface area contributed by atoms with Gasteiger partial charge in [-0.25, -0.2) is 0 Å². The summed E-state index contributed by atoms with van der Waals surface area (Å²) in [5, 5.41) is 7.24. The smallest absolute Gasteiger partial charge is 0.255 e. The fraction of sp³-hybridized carbons (Fsp3) is 0.375. The molecule has 0 bridgehead atoms. The number of rotatable bonds is 2. The number of benzene rings is 2. The topological polar surface area (TPSA) is 79.4 Å². The van der Waals surface area contributed by atoms with Crippen molar-refractivity contribution < 1.29 is 9.53 Å². The molecule has 32 heavy (non-hydrogen) atoms. The monoisotopic (exact) mass is 449 g/mol. The van der Waals surface area contributed by atoms with E-state index in [1.807, 2.05) is 18.2 Å². The molecule has 2 saturated heterocycles. The van der Waals surface area contributed by atoms with Crippen LogP contribution in [0.4, 0.5) is 5.69 Å². The number of nitrogens with one attached hydrogen (secondary N) is 2. The zero-order valence-electron chi connectivity index (χ0n) is 17.6. The maximum Gasteiger partial charge on any atom is 0.255 e. The number of ether oxygens (including phenoxy) is 1. The number of likely N-dealkylation sites (tertiary alicyclic amines) is 1. The summed E-state index contributed by atoms with van der Waals surface area (Å²) in [6.45, 7) is 3.18. The van der Waals surface area contributed by atoms with Crippen LogP contribution in [0.15, 0.2) is 48.8 Å². The summed E-state index contributed by atoms with van der Waals surface area (Å²) in [7, 11) is 0. The summed E-state index contributed by atoms with van der Waals surface area (Å²) in [6, 6.07) is 11.6. The number of piperidine rings is 1. The van der Waals surface area contributed by atoms with Gasteiger partial charge in [0.25, 0.3) is 5.91 Å². The van der Waals surface area contributed by atoms with Gasteiger partial charge in [-0.3, -0.25) is 19.7 Å². The predicted octanol–water partition coefficient (Wildman–Crippen LogP) is 3.59. The number of hydrogen-bond acceptors (Lipinski definition) is 6. The number of amides is 1. The van der Waals surface area contributed by atoms with Crippen LogP contribution in [0, 0.1) is 0 Å². The summed E-state index contributed by atoms with van der Waals surface area (Å²) >= 11 is 6.07. The summed E-state index contributed by atoms with van der Waals surface area (Å²) < 4.78 is 6.38. The van der Waals surface area contributed by atoms with Crippen LogP contribution in [0.25, 0.3) is 11.0 Å². The zero-order chi connectivity index (χ0) is 21.8. The van der Waals surface area contributed by atoms with Crippen molar-refractivity contribution >= 4 is 34.2 Å². The van der Waals surface area contributed by atoms with Gasteiger partial charge in [-0.2, -0.15) is 0 Å². The normalized spacial score (nSPS) is 24.5. The van der Waals surface area contributed by atoms with Crippen LogP contribution in [0.1, 0.15) is 35.2 Å². The third kappa shape index (κ3) is 3.41. The molecule has 164 valence electrons. The molecule has 7 nitrogen and oxygen atoms in total. The first-order chi connectivity index (χ1) is 15.5. The Labute approximate surface area is 191 Å². The summed E-state index contributed by atoms with van der Waals surface area (Å²) in [6.07, 6.45) is 6.09. The molecule has 3 aliphatic heterocycles. The van der Waals surface area contributed by atoms with E-state index < -0.39 is 5.66 Å². The highest BCUT2D eigenvalue weighted by molar-refractivity contribution is 6.31. The lowest BCUT2D eigenvalue weighted by molar-refractivity contribution is -0.0452. The van der Waals surface area contributed by atoms with Crippen molar-refractivity contribution in [3.63, 3.8) is 0 Å². The maximum atomic E-state index is 12.7. The molecule has 1 atom stereocenters. The van der Waals surface area contributed by atoms with Crippen molar-refractivity contribution in [2.24, 2.45) is 0 Å². The van der Waals surface area contributed by atoms with Gasteiger partial charge in [0.2, 0.25) is 0 Å². The Bertz CT molecular complexity index is 1200. The molecule has 2 aromatic carbocycles. The highest BCUT2D eigenvalue weighted by Gasteiger charge is 2.53. The average molecular weight is 450 g/mol. The number of fused-ring (bicyclic) bond motifs is 2. The molecule has 3 aromatic rings. The average Bonchev–Trinajstić information content (AvgIpc) is 3.13. The van der Waals surface area contributed by atoms with Gasteiger partial charge in [-0.05, 0) is 42.7 Å². The number of anilines is 1. The van der Waals surface area contributed by atoms with Crippen LogP contribution in [0.2, 0.25) is 5.02 Å². The Morgan fingerprint density at radius 2 is 1.94 bits per heavy atom. The van der Waals surface area contributed by atoms with Crippen molar-refractivity contribution in [2.75, 3.05) is 25.0 Å². The van der Waals surface area contributed by atoms with Crippen LogP contribution in [-0.2, 0) is 11.3 Å². The van der Waals surface area contributed by atoms with Crippen molar-refractivity contribution in [1.29, 1.82) is 0 Å². The molecule has 0 saturated carbocycles. The van der Waals surface area contributed by atoms with E-state index in [0.717, 1.165) is 55.6 Å². The largest absolute Gasteiger partial charge is 0.370 e. The van der Waals surface area contributed by atoms with Gasteiger partial charge < -0.3 is 15.4 Å². The number of carbonyl (C=O) groups excluding carboxylic acids is 1. The second kappa shape index (κ2) is 7.40. The van der Waals surface area contributed by atoms with E-state index in [2.05, 4.69) is 31.6 Å². The Balaban J connectivity index is 1.15. The van der Waals surface area contributed by atoms with Crippen molar-refractivity contribution in [1.82, 2.24) is 20.2 Å². The van der Waals surface area contributed by atoms with Crippen LogP contribution in [0.3, 0.4) is 0 Å². The second-order valence-electron chi connectivity index (χ2n) is 9.12. The van der Waals surface area contributed by atoms with Gasteiger partial charge in [0.1, 0.15) is 5.66 Å². The van der Waals surface area contributed by atoms with Gasteiger partial charge in [-0.15, -0.1) is 0 Å². The first-order valence-corrected chi connectivity index (χ1v) is 11.4. The molecule has 0 radical (unpaired) electrons. The number of carbonyl (C=O) groups is 1. The number of nitrogens with zero attached hydrogens (tertiary/aromatic N) is 3. The molecule has 0 aliphatic carbocycles. The van der Waals surface area contributed by atoms with Crippen molar-refractivity contribution in [2.45, 2.75) is 37.1 Å². The minimum absolute atomic E-state index is 0.101. The molecular weight excluding hydrogens is 426 g/mol. The third-order valence-electron chi connectivity index (χ3n) is 6.95. The minimum atomic E-state index is -0.564. The number of aromatic nitrogens is 2. The molecule has 4 heterocycles. The van der Waals surface area contributed by atoms with E-state index in [4.69, 9.17) is 16.3 Å². The number of para-hydroxylation sites is 1. The SMILES string of the molecule is O=C1NC2(COC3(CCN(Cc4cccc5nccnc45)CC3)C2)Nc2ccc(Cl)cc21. The van der Waals surface area contributed by atoms with E-state index in [0.29, 0.717) is 17.2 Å². The summed E-state index contributed by atoms with van der Waals surface area (Å²) in [4.78, 5) is 24.2. The zero-order valence-corrected chi connectivity index (χ0v) is 18.4.